The van der Waals surface area contributed by atoms with Crippen molar-refractivity contribution in [2.45, 2.75) is 70.7 Å². The number of aryl methyl sites for hydroxylation is 1. The van der Waals surface area contributed by atoms with Gasteiger partial charge in [-0.25, -0.2) is 8.78 Å². The lowest BCUT2D eigenvalue weighted by atomic mass is 9.95. The first kappa shape index (κ1) is 27.7. The predicted octanol–water partition coefficient (Wildman–Crippen LogP) is 4.83. The van der Waals surface area contributed by atoms with Gasteiger partial charge in [-0.1, -0.05) is 43.3 Å². The van der Waals surface area contributed by atoms with E-state index in [-0.39, 0.29) is 25.0 Å². The molecule has 0 aliphatic carbocycles. The van der Waals surface area contributed by atoms with Gasteiger partial charge >= 0.3 is 0 Å². The minimum Gasteiger partial charge on any atom is -0.490 e. The molecule has 4 atom stereocenters. The first-order valence-electron chi connectivity index (χ1n) is 13.2. The molecule has 0 fully saturated rings. The summed E-state index contributed by atoms with van der Waals surface area (Å²) < 4.78 is 33.5. The third kappa shape index (κ3) is 7.17. The van der Waals surface area contributed by atoms with Crippen LogP contribution in [0, 0.1) is 11.6 Å². The van der Waals surface area contributed by atoms with Gasteiger partial charge in [0.25, 0.3) is 0 Å². The van der Waals surface area contributed by atoms with E-state index < -0.39 is 29.7 Å². The van der Waals surface area contributed by atoms with Crippen LogP contribution in [0.4, 0.5) is 8.78 Å². The number of aliphatic hydroxyl groups excluding tert-OH is 1. The number of amides is 1. The molecule has 5 nitrogen and oxygen atoms in total. The van der Waals surface area contributed by atoms with Gasteiger partial charge in [0.2, 0.25) is 5.91 Å². The molecule has 0 spiro atoms. The van der Waals surface area contributed by atoms with Crippen molar-refractivity contribution in [1.82, 2.24) is 10.6 Å². The SMILES string of the molecule is CCc1cccc(CNC[C@@H](O)[C@H](Cc2cc(F)cc(F)c2)NC(=O)C(C)c2ccc3c(c2)CC(C)O3)c1. The Balaban J connectivity index is 1.45. The maximum atomic E-state index is 13.9. The van der Waals surface area contributed by atoms with Crippen LogP contribution in [0.1, 0.15) is 54.5 Å². The number of nitrogens with one attached hydrogen (secondary N) is 2. The second kappa shape index (κ2) is 12.5. The predicted molar refractivity (Wildman–Crippen MR) is 144 cm³/mol. The Morgan fingerprint density at radius 3 is 2.53 bits per heavy atom. The Morgan fingerprint density at radius 1 is 1.05 bits per heavy atom. The second-order valence-corrected chi connectivity index (χ2v) is 10.2. The van der Waals surface area contributed by atoms with Gasteiger partial charge in [0.05, 0.1) is 18.1 Å². The van der Waals surface area contributed by atoms with Crippen molar-refractivity contribution < 1.29 is 23.4 Å². The van der Waals surface area contributed by atoms with E-state index in [0.29, 0.717) is 12.1 Å². The van der Waals surface area contributed by atoms with Crippen LogP contribution in [0.2, 0.25) is 0 Å². The van der Waals surface area contributed by atoms with Crippen molar-refractivity contribution >= 4 is 5.91 Å². The number of aliphatic hydroxyl groups is 1. The average molecular weight is 523 g/mol. The summed E-state index contributed by atoms with van der Waals surface area (Å²) in [4.78, 5) is 13.3. The number of ether oxygens (including phenoxy) is 1. The lowest BCUT2D eigenvalue weighted by Crippen LogP contribution is -2.49. The number of hydrogen-bond donors (Lipinski definition) is 3. The molecule has 0 saturated carbocycles. The summed E-state index contributed by atoms with van der Waals surface area (Å²) in [6, 6.07) is 16.4. The van der Waals surface area contributed by atoms with E-state index in [2.05, 4.69) is 29.7 Å². The monoisotopic (exact) mass is 522 g/mol. The number of hydrogen-bond acceptors (Lipinski definition) is 4. The van der Waals surface area contributed by atoms with E-state index in [0.717, 1.165) is 41.3 Å². The second-order valence-electron chi connectivity index (χ2n) is 10.2. The maximum absolute atomic E-state index is 13.9. The number of rotatable bonds is 11. The molecular formula is C31H36F2N2O3. The first-order chi connectivity index (χ1) is 18.2. The molecule has 1 aliphatic rings. The number of carbonyl (C=O) groups excluding carboxylic acids is 1. The van der Waals surface area contributed by atoms with E-state index in [4.69, 9.17) is 4.74 Å². The van der Waals surface area contributed by atoms with E-state index in [1.165, 1.54) is 17.7 Å². The summed E-state index contributed by atoms with van der Waals surface area (Å²) in [5.41, 5.74) is 4.59. The Bertz CT molecular complexity index is 1250. The molecule has 1 aliphatic heterocycles. The molecule has 0 saturated heterocycles. The molecule has 3 N–H and O–H groups in total. The third-order valence-corrected chi connectivity index (χ3v) is 7.07. The molecule has 3 aromatic carbocycles. The number of benzene rings is 3. The van der Waals surface area contributed by atoms with Crippen LogP contribution >= 0.6 is 0 Å². The molecule has 4 rings (SSSR count). The number of fused-ring (bicyclic) bond motifs is 1. The summed E-state index contributed by atoms with van der Waals surface area (Å²) in [6.07, 6.45) is 0.922. The molecule has 202 valence electrons. The fourth-order valence-electron chi connectivity index (χ4n) is 4.90. The lowest BCUT2D eigenvalue weighted by Gasteiger charge is -2.26. The zero-order valence-corrected chi connectivity index (χ0v) is 22.1. The molecule has 0 aromatic heterocycles. The molecule has 2 unspecified atom stereocenters. The smallest absolute Gasteiger partial charge is 0.227 e. The molecule has 3 aromatic rings. The van der Waals surface area contributed by atoms with Crippen LogP contribution in [0.25, 0.3) is 0 Å². The summed E-state index contributed by atoms with van der Waals surface area (Å²) in [7, 11) is 0. The van der Waals surface area contributed by atoms with Crippen LogP contribution in [0.5, 0.6) is 5.75 Å². The molecule has 1 amide bonds. The molecular weight excluding hydrogens is 486 g/mol. The largest absolute Gasteiger partial charge is 0.490 e. The van der Waals surface area contributed by atoms with Crippen molar-refractivity contribution in [2.24, 2.45) is 0 Å². The van der Waals surface area contributed by atoms with Crippen molar-refractivity contribution in [1.29, 1.82) is 0 Å². The van der Waals surface area contributed by atoms with Gasteiger partial charge in [0.15, 0.2) is 0 Å². The van der Waals surface area contributed by atoms with Gasteiger partial charge in [0.1, 0.15) is 23.5 Å². The van der Waals surface area contributed by atoms with Gasteiger partial charge in [-0.3, -0.25) is 4.79 Å². The fourth-order valence-corrected chi connectivity index (χ4v) is 4.90. The van der Waals surface area contributed by atoms with Crippen molar-refractivity contribution in [3.8, 4) is 5.75 Å². The zero-order chi connectivity index (χ0) is 27.2. The Morgan fingerprint density at radius 2 is 1.79 bits per heavy atom. The summed E-state index contributed by atoms with van der Waals surface area (Å²) in [6.45, 7) is 6.65. The highest BCUT2D eigenvalue weighted by molar-refractivity contribution is 5.83. The van der Waals surface area contributed by atoms with E-state index in [1.807, 2.05) is 37.3 Å². The standard InChI is InChI=1S/C31H36F2N2O3/c1-4-21-6-5-7-22(11-21)17-34-18-29(36)28(14-23-12-26(32)16-27(33)13-23)35-31(37)20(3)24-8-9-30-25(15-24)10-19(2)38-30/h5-9,11-13,15-16,19-20,28-29,34,36H,4,10,14,17-18H2,1-3H3,(H,35,37)/t19?,20?,28-,29+/m0/s1. The number of halogens is 2. The van der Waals surface area contributed by atoms with Gasteiger partial charge in [-0.15, -0.1) is 0 Å². The minimum atomic E-state index is -0.985. The van der Waals surface area contributed by atoms with E-state index >= 15 is 0 Å². The highest BCUT2D eigenvalue weighted by Gasteiger charge is 2.27. The van der Waals surface area contributed by atoms with Crippen LogP contribution in [-0.2, 0) is 30.6 Å². The van der Waals surface area contributed by atoms with Crippen LogP contribution in [0.3, 0.4) is 0 Å². The number of carbonyl (C=O) groups is 1. The third-order valence-electron chi connectivity index (χ3n) is 7.07. The maximum Gasteiger partial charge on any atom is 0.227 e. The summed E-state index contributed by atoms with van der Waals surface area (Å²) in [5.74, 6) is -1.31. The molecule has 38 heavy (non-hydrogen) atoms. The normalized spacial score (nSPS) is 16.8. The minimum absolute atomic E-state index is 0.0802. The van der Waals surface area contributed by atoms with Gasteiger partial charge in [0, 0.05) is 25.6 Å². The van der Waals surface area contributed by atoms with Crippen molar-refractivity contribution in [3.05, 3.63) is 100 Å². The van der Waals surface area contributed by atoms with Crippen LogP contribution < -0.4 is 15.4 Å². The van der Waals surface area contributed by atoms with Crippen LogP contribution in [-0.4, -0.2) is 35.8 Å². The Hall–Kier alpha value is -3.29. The lowest BCUT2D eigenvalue weighted by molar-refractivity contribution is -0.123. The van der Waals surface area contributed by atoms with Gasteiger partial charge in [-0.2, -0.15) is 0 Å². The fraction of sp³-hybridized carbons (Fsp3) is 0.387. The average Bonchev–Trinajstić information content (AvgIpc) is 3.26. The van der Waals surface area contributed by atoms with Gasteiger partial charge in [-0.05, 0) is 72.7 Å². The van der Waals surface area contributed by atoms with E-state index in [9.17, 15) is 18.7 Å². The topological polar surface area (TPSA) is 70.6 Å². The van der Waals surface area contributed by atoms with Crippen molar-refractivity contribution in [3.63, 3.8) is 0 Å². The summed E-state index contributed by atoms with van der Waals surface area (Å²) >= 11 is 0. The van der Waals surface area contributed by atoms with Crippen LogP contribution in [0.15, 0.2) is 60.7 Å². The highest BCUT2D eigenvalue weighted by atomic mass is 19.1. The zero-order valence-electron chi connectivity index (χ0n) is 22.1. The van der Waals surface area contributed by atoms with Gasteiger partial charge < -0.3 is 20.5 Å². The molecule has 0 radical (unpaired) electrons. The van der Waals surface area contributed by atoms with E-state index in [1.54, 1.807) is 6.92 Å². The Kier molecular flexibility index (Phi) is 9.13. The van der Waals surface area contributed by atoms with Crippen molar-refractivity contribution in [2.75, 3.05) is 6.54 Å². The first-order valence-corrected chi connectivity index (χ1v) is 13.2. The molecule has 0 bridgehead atoms. The highest BCUT2D eigenvalue weighted by Crippen LogP contribution is 2.31. The quantitative estimate of drug-likeness (QED) is 0.337. The molecule has 1 heterocycles. The molecule has 7 heteroatoms. The Labute approximate surface area is 223 Å². The summed E-state index contributed by atoms with van der Waals surface area (Å²) in [5, 5.41) is 17.2.